The second-order valence-corrected chi connectivity index (χ2v) is 4.74. The van der Waals surface area contributed by atoms with Crippen LogP contribution in [0.15, 0.2) is 42.6 Å². The highest BCUT2D eigenvalue weighted by Gasteiger charge is 2.00. The maximum atomic E-state index is 5.65. The standard InChI is InChI=1S/C16H23N3O/c1-2-12-19-15(9-11-18-19)14-17-10-6-13-20-16-7-4-3-5-8-16/h3-5,7-9,11,17H,2,6,10,12-14H2,1H3. The summed E-state index contributed by atoms with van der Waals surface area (Å²) < 4.78 is 7.71. The first-order chi connectivity index (χ1) is 9.90. The topological polar surface area (TPSA) is 39.1 Å². The van der Waals surface area contributed by atoms with E-state index in [2.05, 4.69) is 28.1 Å². The predicted molar refractivity (Wildman–Crippen MR) is 80.8 cm³/mol. The van der Waals surface area contributed by atoms with Gasteiger partial charge in [-0.05, 0) is 37.6 Å². The number of nitrogens with zero attached hydrogens (tertiary/aromatic N) is 2. The maximum Gasteiger partial charge on any atom is 0.119 e. The van der Waals surface area contributed by atoms with Crippen LogP contribution in [0.2, 0.25) is 0 Å². The van der Waals surface area contributed by atoms with Crippen molar-refractivity contribution in [3.05, 3.63) is 48.3 Å². The van der Waals surface area contributed by atoms with E-state index in [1.54, 1.807) is 0 Å². The minimum Gasteiger partial charge on any atom is -0.494 e. The maximum absolute atomic E-state index is 5.65. The molecule has 4 nitrogen and oxygen atoms in total. The Labute approximate surface area is 120 Å². The first kappa shape index (κ1) is 14.6. The number of para-hydroxylation sites is 1. The van der Waals surface area contributed by atoms with Gasteiger partial charge in [-0.1, -0.05) is 25.1 Å². The van der Waals surface area contributed by atoms with Crippen molar-refractivity contribution in [1.29, 1.82) is 0 Å². The molecule has 1 aromatic carbocycles. The third-order valence-electron chi connectivity index (χ3n) is 3.06. The Kier molecular flexibility index (Phi) is 6.11. The number of benzene rings is 1. The minimum absolute atomic E-state index is 0.741. The summed E-state index contributed by atoms with van der Waals surface area (Å²) in [6, 6.07) is 12.0. The van der Waals surface area contributed by atoms with Gasteiger partial charge in [-0.25, -0.2) is 0 Å². The number of aryl methyl sites for hydroxylation is 1. The highest BCUT2D eigenvalue weighted by molar-refractivity contribution is 5.20. The molecule has 4 heteroatoms. The molecule has 1 aromatic heterocycles. The Morgan fingerprint density at radius 2 is 2.05 bits per heavy atom. The Morgan fingerprint density at radius 1 is 1.20 bits per heavy atom. The molecule has 0 aliphatic carbocycles. The molecule has 2 rings (SSSR count). The van der Waals surface area contributed by atoms with Crippen LogP contribution in [0.25, 0.3) is 0 Å². The number of rotatable bonds is 9. The van der Waals surface area contributed by atoms with E-state index in [0.29, 0.717) is 0 Å². The van der Waals surface area contributed by atoms with E-state index in [9.17, 15) is 0 Å². The second kappa shape index (κ2) is 8.38. The lowest BCUT2D eigenvalue weighted by molar-refractivity contribution is 0.307. The molecular weight excluding hydrogens is 250 g/mol. The van der Waals surface area contributed by atoms with Crippen LogP contribution in [0.4, 0.5) is 0 Å². The molecule has 0 saturated heterocycles. The van der Waals surface area contributed by atoms with Crippen molar-refractivity contribution in [3.8, 4) is 5.75 Å². The largest absolute Gasteiger partial charge is 0.494 e. The summed E-state index contributed by atoms with van der Waals surface area (Å²) in [5.74, 6) is 0.938. The van der Waals surface area contributed by atoms with Crippen LogP contribution >= 0.6 is 0 Å². The number of hydrogen-bond donors (Lipinski definition) is 1. The van der Waals surface area contributed by atoms with Crippen LogP contribution in [0, 0.1) is 0 Å². The van der Waals surface area contributed by atoms with E-state index in [1.165, 1.54) is 5.69 Å². The molecule has 0 radical (unpaired) electrons. The van der Waals surface area contributed by atoms with Crippen LogP contribution in [-0.4, -0.2) is 22.9 Å². The molecule has 0 saturated carbocycles. The molecule has 1 heterocycles. The average Bonchev–Trinajstić information content (AvgIpc) is 2.92. The third-order valence-corrected chi connectivity index (χ3v) is 3.06. The zero-order valence-electron chi connectivity index (χ0n) is 12.1. The number of ether oxygens (including phenoxy) is 1. The van der Waals surface area contributed by atoms with E-state index in [4.69, 9.17) is 4.74 Å². The molecular formula is C16H23N3O. The molecule has 108 valence electrons. The first-order valence-corrected chi connectivity index (χ1v) is 7.29. The molecule has 20 heavy (non-hydrogen) atoms. The fraction of sp³-hybridized carbons (Fsp3) is 0.438. The summed E-state index contributed by atoms with van der Waals surface area (Å²) in [5.41, 5.74) is 1.25. The van der Waals surface area contributed by atoms with Crippen molar-refractivity contribution < 1.29 is 4.74 Å². The summed E-state index contributed by atoms with van der Waals surface area (Å²) in [6.45, 7) is 5.71. The van der Waals surface area contributed by atoms with Crippen molar-refractivity contribution in [2.45, 2.75) is 32.9 Å². The molecule has 0 bridgehead atoms. The molecule has 0 amide bonds. The lowest BCUT2D eigenvalue weighted by atomic mass is 10.3. The van der Waals surface area contributed by atoms with Gasteiger partial charge in [0.2, 0.25) is 0 Å². The number of hydrogen-bond acceptors (Lipinski definition) is 3. The fourth-order valence-corrected chi connectivity index (χ4v) is 2.04. The van der Waals surface area contributed by atoms with Crippen LogP contribution < -0.4 is 10.1 Å². The molecule has 0 unspecified atom stereocenters. The van der Waals surface area contributed by atoms with Crippen molar-refractivity contribution >= 4 is 0 Å². The highest BCUT2D eigenvalue weighted by Crippen LogP contribution is 2.08. The normalized spacial score (nSPS) is 10.7. The molecule has 0 fully saturated rings. The summed E-state index contributed by atoms with van der Waals surface area (Å²) >= 11 is 0. The number of nitrogens with one attached hydrogen (secondary N) is 1. The molecule has 0 atom stereocenters. The zero-order valence-corrected chi connectivity index (χ0v) is 12.1. The van der Waals surface area contributed by atoms with Crippen molar-refractivity contribution in [1.82, 2.24) is 15.1 Å². The van der Waals surface area contributed by atoms with Crippen molar-refractivity contribution in [3.63, 3.8) is 0 Å². The van der Waals surface area contributed by atoms with E-state index in [-0.39, 0.29) is 0 Å². The lowest BCUT2D eigenvalue weighted by Crippen LogP contribution is -2.19. The van der Waals surface area contributed by atoms with Gasteiger partial charge in [0.25, 0.3) is 0 Å². The van der Waals surface area contributed by atoms with Crippen LogP contribution in [0.3, 0.4) is 0 Å². The Hall–Kier alpha value is -1.81. The van der Waals surface area contributed by atoms with Gasteiger partial charge in [0.15, 0.2) is 0 Å². The van der Waals surface area contributed by atoms with Crippen molar-refractivity contribution in [2.24, 2.45) is 0 Å². The monoisotopic (exact) mass is 273 g/mol. The van der Waals surface area contributed by atoms with Crippen molar-refractivity contribution in [2.75, 3.05) is 13.2 Å². The minimum atomic E-state index is 0.741. The summed E-state index contributed by atoms with van der Waals surface area (Å²) in [6.07, 6.45) is 3.97. The van der Waals surface area contributed by atoms with Gasteiger partial charge in [0, 0.05) is 19.3 Å². The molecule has 0 aliphatic heterocycles. The Balaban J connectivity index is 1.58. The summed E-state index contributed by atoms with van der Waals surface area (Å²) in [5, 5.41) is 7.74. The lowest BCUT2D eigenvalue weighted by Gasteiger charge is -2.08. The Morgan fingerprint density at radius 3 is 2.85 bits per heavy atom. The van der Waals surface area contributed by atoms with Gasteiger partial charge in [0.1, 0.15) is 5.75 Å². The summed E-state index contributed by atoms with van der Waals surface area (Å²) in [4.78, 5) is 0. The average molecular weight is 273 g/mol. The van der Waals surface area contributed by atoms with Gasteiger partial charge < -0.3 is 10.1 Å². The zero-order chi connectivity index (χ0) is 14.0. The highest BCUT2D eigenvalue weighted by atomic mass is 16.5. The van der Waals surface area contributed by atoms with Gasteiger partial charge in [-0.2, -0.15) is 5.10 Å². The molecule has 1 N–H and O–H groups in total. The van der Waals surface area contributed by atoms with E-state index in [1.807, 2.05) is 36.5 Å². The molecule has 0 spiro atoms. The van der Waals surface area contributed by atoms with Crippen LogP contribution in [0.1, 0.15) is 25.5 Å². The SMILES string of the molecule is CCCn1nccc1CNCCCOc1ccccc1. The quantitative estimate of drug-likeness (QED) is 0.714. The number of aromatic nitrogens is 2. The summed E-state index contributed by atoms with van der Waals surface area (Å²) in [7, 11) is 0. The second-order valence-electron chi connectivity index (χ2n) is 4.74. The van der Waals surface area contributed by atoms with Crippen LogP contribution in [-0.2, 0) is 13.1 Å². The molecule has 2 aromatic rings. The van der Waals surface area contributed by atoms with Gasteiger partial charge in [0.05, 0.1) is 12.3 Å². The van der Waals surface area contributed by atoms with E-state index < -0.39 is 0 Å². The fourth-order valence-electron chi connectivity index (χ4n) is 2.04. The van der Waals surface area contributed by atoms with E-state index in [0.717, 1.165) is 44.8 Å². The van der Waals surface area contributed by atoms with Gasteiger partial charge in [-0.15, -0.1) is 0 Å². The first-order valence-electron chi connectivity index (χ1n) is 7.29. The van der Waals surface area contributed by atoms with Crippen LogP contribution in [0.5, 0.6) is 5.75 Å². The van der Waals surface area contributed by atoms with Gasteiger partial charge in [-0.3, -0.25) is 4.68 Å². The van der Waals surface area contributed by atoms with E-state index >= 15 is 0 Å². The van der Waals surface area contributed by atoms with Gasteiger partial charge >= 0.3 is 0 Å². The molecule has 0 aliphatic rings. The third kappa shape index (κ3) is 4.70. The Bertz CT molecular complexity index is 481. The smallest absolute Gasteiger partial charge is 0.119 e. The predicted octanol–water partition coefficient (Wildman–Crippen LogP) is 2.85.